The lowest BCUT2D eigenvalue weighted by Crippen LogP contribution is -2.05. The summed E-state index contributed by atoms with van der Waals surface area (Å²) < 4.78 is 7.25. The number of hydrogen-bond donors (Lipinski definition) is 1. The molecule has 1 aliphatic carbocycles. The standard InChI is InChI=1S/C12H18N6OS.ClH/c1-18-10(6-13)15-16-12(18)20-7-9-14-11(19-17-9)8-4-2-3-5-8;/h8H,2-7,13H2,1H3;1H. The predicted octanol–water partition coefficient (Wildman–Crippen LogP) is 2.03. The van der Waals surface area contributed by atoms with E-state index in [9.17, 15) is 0 Å². The number of halogens is 1. The van der Waals surface area contributed by atoms with Gasteiger partial charge >= 0.3 is 0 Å². The lowest BCUT2D eigenvalue weighted by atomic mass is 10.1. The molecule has 2 heterocycles. The maximum atomic E-state index is 5.57. The molecule has 0 spiro atoms. The zero-order chi connectivity index (χ0) is 13.9. The molecule has 0 saturated heterocycles. The van der Waals surface area contributed by atoms with E-state index in [1.807, 2.05) is 11.6 Å². The van der Waals surface area contributed by atoms with Gasteiger partial charge in [-0.3, -0.25) is 0 Å². The molecule has 9 heteroatoms. The fourth-order valence-electron chi connectivity index (χ4n) is 2.44. The van der Waals surface area contributed by atoms with Crippen LogP contribution in [0, 0.1) is 0 Å². The van der Waals surface area contributed by atoms with Crippen LogP contribution in [0.25, 0.3) is 0 Å². The highest BCUT2D eigenvalue weighted by Gasteiger charge is 2.23. The maximum absolute atomic E-state index is 5.57. The highest BCUT2D eigenvalue weighted by Crippen LogP contribution is 2.33. The minimum Gasteiger partial charge on any atom is -0.339 e. The molecule has 21 heavy (non-hydrogen) atoms. The van der Waals surface area contributed by atoms with E-state index < -0.39 is 0 Å². The summed E-state index contributed by atoms with van der Waals surface area (Å²) in [5.41, 5.74) is 5.57. The Hall–Kier alpha value is -1.12. The molecule has 3 rings (SSSR count). The number of hydrogen-bond acceptors (Lipinski definition) is 7. The lowest BCUT2D eigenvalue weighted by molar-refractivity contribution is 0.351. The second-order valence-corrected chi connectivity index (χ2v) is 5.92. The Kier molecular flexibility index (Phi) is 5.60. The Bertz CT molecular complexity index is 580. The van der Waals surface area contributed by atoms with Gasteiger partial charge in [-0.05, 0) is 12.8 Å². The Morgan fingerprint density at radius 1 is 1.33 bits per heavy atom. The average Bonchev–Trinajstić information content (AvgIpc) is 3.17. The summed E-state index contributed by atoms with van der Waals surface area (Å²) in [7, 11) is 1.91. The van der Waals surface area contributed by atoms with Crippen molar-refractivity contribution in [2.75, 3.05) is 0 Å². The molecule has 0 amide bonds. The summed E-state index contributed by atoms with van der Waals surface area (Å²) >= 11 is 1.54. The molecule has 7 nitrogen and oxygen atoms in total. The second kappa shape index (κ2) is 7.24. The molecule has 1 saturated carbocycles. The largest absolute Gasteiger partial charge is 0.339 e. The first-order valence-electron chi connectivity index (χ1n) is 6.81. The van der Waals surface area contributed by atoms with Crippen LogP contribution in [0.4, 0.5) is 0 Å². The Morgan fingerprint density at radius 3 is 2.76 bits per heavy atom. The zero-order valence-corrected chi connectivity index (χ0v) is 13.5. The van der Waals surface area contributed by atoms with Crippen LogP contribution in [0.1, 0.15) is 49.1 Å². The van der Waals surface area contributed by atoms with Crippen LogP contribution in [0.3, 0.4) is 0 Å². The van der Waals surface area contributed by atoms with E-state index in [1.165, 1.54) is 12.8 Å². The van der Waals surface area contributed by atoms with Crippen molar-refractivity contribution in [3.8, 4) is 0 Å². The van der Waals surface area contributed by atoms with E-state index in [2.05, 4.69) is 20.3 Å². The Morgan fingerprint density at radius 2 is 2.10 bits per heavy atom. The van der Waals surface area contributed by atoms with Gasteiger partial charge in [0, 0.05) is 13.0 Å². The molecule has 0 bridgehead atoms. The normalized spacial score (nSPS) is 15.3. The molecule has 0 aromatic carbocycles. The number of aromatic nitrogens is 5. The summed E-state index contributed by atoms with van der Waals surface area (Å²) in [6.07, 6.45) is 4.85. The van der Waals surface area contributed by atoms with Gasteiger partial charge in [0.1, 0.15) is 5.82 Å². The number of nitrogens with two attached hydrogens (primary N) is 1. The van der Waals surface area contributed by atoms with Crippen molar-refractivity contribution in [1.82, 2.24) is 24.9 Å². The van der Waals surface area contributed by atoms with Gasteiger partial charge in [0.15, 0.2) is 11.0 Å². The minimum absolute atomic E-state index is 0. The first-order chi connectivity index (χ1) is 9.78. The van der Waals surface area contributed by atoms with Crippen LogP contribution in [-0.2, 0) is 19.3 Å². The fraction of sp³-hybridized carbons (Fsp3) is 0.667. The predicted molar refractivity (Wildman–Crippen MR) is 81.2 cm³/mol. The topological polar surface area (TPSA) is 95.7 Å². The molecule has 0 radical (unpaired) electrons. The molecule has 0 aliphatic heterocycles. The van der Waals surface area contributed by atoms with Crippen molar-refractivity contribution in [2.45, 2.75) is 49.1 Å². The van der Waals surface area contributed by atoms with Crippen molar-refractivity contribution < 1.29 is 4.52 Å². The summed E-state index contributed by atoms with van der Waals surface area (Å²) in [6, 6.07) is 0. The highest BCUT2D eigenvalue weighted by molar-refractivity contribution is 7.98. The second-order valence-electron chi connectivity index (χ2n) is 4.98. The SMILES string of the molecule is Cl.Cn1c(CN)nnc1SCc1noc(C2CCCC2)n1. The third kappa shape index (κ3) is 3.56. The Labute approximate surface area is 133 Å². The van der Waals surface area contributed by atoms with Crippen molar-refractivity contribution in [1.29, 1.82) is 0 Å². The van der Waals surface area contributed by atoms with Crippen LogP contribution in [0.15, 0.2) is 9.68 Å². The molecular formula is C12H19ClN6OS. The van der Waals surface area contributed by atoms with Gasteiger partial charge in [-0.2, -0.15) is 4.98 Å². The van der Waals surface area contributed by atoms with Crippen molar-refractivity contribution >= 4 is 24.2 Å². The molecule has 1 aliphatic rings. The van der Waals surface area contributed by atoms with Gasteiger partial charge in [-0.15, -0.1) is 22.6 Å². The quantitative estimate of drug-likeness (QED) is 0.838. The third-order valence-electron chi connectivity index (χ3n) is 3.63. The third-order valence-corrected chi connectivity index (χ3v) is 4.64. The molecule has 116 valence electrons. The van der Waals surface area contributed by atoms with Crippen LogP contribution < -0.4 is 5.73 Å². The van der Waals surface area contributed by atoms with Crippen molar-refractivity contribution in [3.63, 3.8) is 0 Å². The summed E-state index contributed by atoms with van der Waals surface area (Å²) in [5, 5.41) is 13.0. The van der Waals surface area contributed by atoms with Gasteiger partial charge in [0.25, 0.3) is 0 Å². The molecular weight excluding hydrogens is 312 g/mol. The highest BCUT2D eigenvalue weighted by atomic mass is 35.5. The van der Waals surface area contributed by atoms with Gasteiger partial charge < -0.3 is 14.8 Å². The maximum Gasteiger partial charge on any atom is 0.229 e. The van der Waals surface area contributed by atoms with Gasteiger partial charge in [-0.25, -0.2) is 0 Å². The summed E-state index contributed by atoms with van der Waals surface area (Å²) in [4.78, 5) is 4.48. The van der Waals surface area contributed by atoms with Gasteiger partial charge in [0.05, 0.1) is 12.3 Å². The van der Waals surface area contributed by atoms with E-state index >= 15 is 0 Å². The molecule has 0 atom stereocenters. The number of thioether (sulfide) groups is 1. The summed E-state index contributed by atoms with van der Waals surface area (Å²) in [6.45, 7) is 0.387. The average molecular weight is 331 g/mol. The fourth-order valence-corrected chi connectivity index (χ4v) is 3.22. The van der Waals surface area contributed by atoms with E-state index in [0.717, 1.165) is 29.7 Å². The molecule has 2 aromatic heterocycles. The minimum atomic E-state index is 0. The summed E-state index contributed by atoms with van der Waals surface area (Å²) in [5.74, 6) is 3.37. The number of rotatable bonds is 5. The smallest absolute Gasteiger partial charge is 0.229 e. The van der Waals surface area contributed by atoms with E-state index in [1.54, 1.807) is 11.8 Å². The Balaban J connectivity index is 0.00000161. The van der Waals surface area contributed by atoms with E-state index in [-0.39, 0.29) is 12.4 Å². The first-order valence-corrected chi connectivity index (χ1v) is 7.80. The van der Waals surface area contributed by atoms with Gasteiger partial charge in [-0.1, -0.05) is 29.8 Å². The first kappa shape index (κ1) is 16.3. The lowest BCUT2D eigenvalue weighted by Gasteiger charge is -2.00. The molecule has 0 unspecified atom stereocenters. The van der Waals surface area contributed by atoms with E-state index in [4.69, 9.17) is 10.3 Å². The van der Waals surface area contributed by atoms with E-state index in [0.29, 0.717) is 24.0 Å². The molecule has 2 aromatic rings. The molecule has 2 N–H and O–H groups in total. The van der Waals surface area contributed by atoms with Crippen LogP contribution in [0.5, 0.6) is 0 Å². The van der Waals surface area contributed by atoms with Gasteiger partial charge in [0.2, 0.25) is 5.89 Å². The van der Waals surface area contributed by atoms with Crippen molar-refractivity contribution in [2.24, 2.45) is 12.8 Å². The monoisotopic (exact) mass is 330 g/mol. The van der Waals surface area contributed by atoms with Crippen molar-refractivity contribution in [3.05, 3.63) is 17.5 Å². The van der Waals surface area contributed by atoms with Crippen LogP contribution in [-0.4, -0.2) is 24.9 Å². The zero-order valence-electron chi connectivity index (χ0n) is 11.9. The molecule has 1 fully saturated rings. The van der Waals surface area contributed by atoms with Crippen LogP contribution in [0.2, 0.25) is 0 Å². The van der Waals surface area contributed by atoms with Crippen LogP contribution >= 0.6 is 24.2 Å². The number of nitrogens with zero attached hydrogens (tertiary/aromatic N) is 5.